The minimum absolute atomic E-state index is 0.284. The molecule has 0 aliphatic rings. The van der Waals surface area contributed by atoms with Gasteiger partial charge in [-0.25, -0.2) is 5.43 Å². The molecule has 2 N–H and O–H groups in total. The minimum Gasteiger partial charge on any atom is -0.490 e. The first-order valence-electron chi connectivity index (χ1n) is 9.99. The Kier molecular flexibility index (Phi) is 8.69. The van der Waals surface area contributed by atoms with Crippen molar-refractivity contribution in [3.63, 3.8) is 0 Å². The van der Waals surface area contributed by atoms with Gasteiger partial charge in [-0.1, -0.05) is 41.4 Å². The summed E-state index contributed by atoms with van der Waals surface area (Å²) in [7, 11) is 0. The topological polar surface area (TPSA) is 89.0 Å². The van der Waals surface area contributed by atoms with Gasteiger partial charge in [-0.2, -0.15) is 5.10 Å². The molecule has 3 aromatic rings. The van der Waals surface area contributed by atoms with E-state index in [0.29, 0.717) is 39.4 Å². The number of anilines is 1. The molecule has 0 radical (unpaired) electrons. The standard InChI is InChI=1S/C24H21Cl2N3O4/c1-2-32-22-13-16(7-12-21(22)33-15-17-5-3-4-6-20(17)26)14-27-29-24(31)23(30)28-19-10-8-18(25)9-11-19/h3-14H,2,15H2,1H3,(H,28,30)(H,29,31)/b27-14+. The Morgan fingerprint density at radius 2 is 1.70 bits per heavy atom. The van der Waals surface area contributed by atoms with Crippen LogP contribution in [0.4, 0.5) is 5.69 Å². The van der Waals surface area contributed by atoms with Crippen molar-refractivity contribution < 1.29 is 19.1 Å². The molecule has 0 spiro atoms. The van der Waals surface area contributed by atoms with E-state index in [1.807, 2.05) is 25.1 Å². The monoisotopic (exact) mass is 485 g/mol. The summed E-state index contributed by atoms with van der Waals surface area (Å²) >= 11 is 12.0. The number of carbonyl (C=O) groups excluding carboxylic acids is 2. The lowest BCUT2D eigenvalue weighted by atomic mass is 10.2. The van der Waals surface area contributed by atoms with Crippen LogP contribution in [0.3, 0.4) is 0 Å². The molecular formula is C24H21Cl2N3O4. The van der Waals surface area contributed by atoms with Gasteiger partial charge in [0, 0.05) is 21.3 Å². The Hall–Kier alpha value is -3.55. The molecule has 0 bridgehead atoms. The Bertz CT molecular complexity index is 1150. The zero-order valence-corrected chi connectivity index (χ0v) is 19.2. The normalized spacial score (nSPS) is 10.6. The zero-order chi connectivity index (χ0) is 23.6. The molecule has 0 aromatic heterocycles. The lowest BCUT2D eigenvalue weighted by Gasteiger charge is -2.13. The largest absolute Gasteiger partial charge is 0.490 e. The van der Waals surface area contributed by atoms with Crippen molar-refractivity contribution in [2.24, 2.45) is 5.10 Å². The predicted molar refractivity (Wildman–Crippen MR) is 129 cm³/mol. The minimum atomic E-state index is -0.911. The van der Waals surface area contributed by atoms with Gasteiger partial charge < -0.3 is 14.8 Å². The van der Waals surface area contributed by atoms with Gasteiger partial charge in [-0.05, 0) is 61.0 Å². The van der Waals surface area contributed by atoms with E-state index in [1.165, 1.54) is 6.21 Å². The van der Waals surface area contributed by atoms with Gasteiger partial charge in [0.15, 0.2) is 11.5 Å². The number of rotatable bonds is 8. The van der Waals surface area contributed by atoms with Crippen molar-refractivity contribution in [1.29, 1.82) is 0 Å². The van der Waals surface area contributed by atoms with Gasteiger partial charge in [0.1, 0.15) is 6.61 Å². The lowest BCUT2D eigenvalue weighted by Crippen LogP contribution is -2.32. The second kappa shape index (κ2) is 11.9. The second-order valence-electron chi connectivity index (χ2n) is 6.68. The fourth-order valence-corrected chi connectivity index (χ4v) is 3.02. The van der Waals surface area contributed by atoms with E-state index in [2.05, 4.69) is 15.8 Å². The highest BCUT2D eigenvalue weighted by molar-refractivity contribution is 6.39. The van der Waals surface area contributed by atoms with E-state index in [9.17, 15) is 9.59 Å². The number of ether oxygens (including phenoxy) is 2. The molecule has 0 heterocycles. The van der Waals surface area contributed by atoms with Crippen LogP contribution in [-0.4, -0.2) is 24.6 Å². The van der Waals surface area contributed by atoms with Crippen LogP contribution in [0.15, 0.2) is 71.8 Å². The van der Waals surface area contributed by atoms with E-state index >= 15 is 0 Å². The van der Waals surface area contributed by atoms with Crippen LogP contribution < -0.4 is 20.2 Å². The second-order valence-corrected chi connectivity index (χ2v) is 7.52. The maximum absolute atomic E-state index is 12.0. The van der Waals surface area contributed by atoms with E-state index < -0.39 is 11.8 Å². The first kappa shape index (κ1) is 24.1. The van der Waals surface area contributed by atoms with Gasteiger partial charge in [-0.15, -0.1) is 0 Å². The third-order valence-corrected chi connectivity index (χ3v) is 4.92. The molecule has 0 atom stereocenters. The first-order valence-corrected chi connectivity index (χ1v) is 10.7. The summed E-state index contributed by atoms with van der Waals surface area (Å²) in [6, 6.07) is 19.0. The van der Waals surface area contributed by atoms with Crippen molar-refractivity contribution >= 4 is 46.9 Å². The lowest BCUT2D eigenvalue weighted by molar-refractivity contribution is -0.136. The molecule has 3 rings (SSSR count). The molecule has 0 aliphatic heterocycles. The van der Waals surface area contributed by atoms with Crippen LogP contribution in [0.5, 0.6) is 11.5 Å². The van der Waals surface area contributed by atoms with Crippen molar-refractivity contribution in [3.8, 4) is 11.5 Å². The van der Waals surface area contributed by atoms with Crippen LogP contribution in [0.25, 0.3) is 0 Å². The Morgan fingerprint density at radius 1 is 0.939 bits per heavy atom. The van der Waals surface area contributed by atoms with Crippen LogP contribution in [-0.2, 0) is 16.2 Å². The molecule has 33 heavy (non-hydrogen) atoms. The Morgan fingerprint density at radius 3 is 2.42 bits per heavy atom. The highest BCUT2D eigenvalue weighted by atomic mass is 35.5. The van der Waals surface area contributed by atoms with Crippen LogP contribution in [0.2, 0.25) is 10.0 Å². The zero-order valence-electron chi connectivity index (χ0n) is 17.7. The number of hydrogen-bond donors (Lipinski definition) is 2. The fourth-order valence-electron chi connectivity index (χ4n) is 2.70. The molecule has 3 aromatic carbocycles. The average molecular weight is 486 g/mol. The molecule has 0 unspecified atom stereocenters. The number of hydrogen-bond acceptors (Lipinski definition) is 5. The fraction of sp³-hybridized carbons (Fsp3) is 0.125. The SMILES string of the molecule is CCOc1cc(/C=N/NC(=O)C(=O)Nc2ccc(Cl)cc2)ccc1OCc1ccccc1Cl. The highest BCUT2D eigenvalue weighted by Gasteiger charge is 2.13. The van der Waals surface area contributed by atoms with Gasteiger partial charge in [0.25, 0.3) is 0 Å². The number of hydrazone groups is 1. The number of benzene rings is 3. The quantitative estimate of drug-likeness (QED) is 0.265. The van der Waals surface area contributed by atoms with Gasteiger partial charge in [0.2, 0.25) is 0 Å². The van der Waals surface area contributed by atoms with Crippen molar-refractivity contribution in [1.82, 2.24) is 5.43 Å². The van der Waals surface area contributed by atoms with Crippen LogP contribution >= 0.6 is 23.2 Å². The molecule has 0 saturated heterocycles. The van der Waals surface area contributed by atoms with E-state index in [-0.39, 0.29) is 6.61 Å². The van der Waals surface area contributed by atoms with Crippen LogP contribution in [0, 0.1) is 0 Å². The average Bonchev–Trinajstić information content (AvgIpc) is 2.81. The molecular weight excluding hydrogens is 465 g/mol. The maximum atomic E-state index is 12.0. The number of halogens is 2. The summed E-state index contributed by atoms with van der Waals surface area (Å²) in [5.74, 6) is -0.709. The van der Waals surface area contributed by atoms with E-state index in [4.69, 9.17) is 32.7 Å². The first-order chi connectivity index (χ1) is 16.0. The summed E-state index contributed by atoms with van der Waals surface area (Å²) in [5.41, 5.74) is 4.12. The summed E-state index contributed by atoms with van der Waals surface area (Å²) in [5, 5.41) is 7.43. The summed E-state index contributed by atoms with van der Waals surface area (Å²) in [6.07, 6.45) is 1.40. The van der Waals surface area contributed by atoms with Crippen molar-refractivity contribution in [2.75, 3.05) is 11.9 Å². The third-order valence-electron chi connectivity index (χ3n) is 4.30. The highest BCUT2D eigenvalue weighted by Crippen LogP contribution is 2.29. The van der Waals surface area contributed by atoms with Gasteiger partial charge >= 0.3 is 11.8 Å². The molecule has 0 aliphatic carbocycles. The van der Waals surface area contributed by atoms with Crippen molar-refractivity contribution in [2.45, 2.75) is 13.5 Å². The summed E-state index contributed by atoms with van der Waals surface area (Å²) < 4.78 is 11.5. The number of nitrogens with zero attached hydrogens (tertiary/aromatic N) is 1. The molecule has 0 fully saturated rings. The van der Waals surface area contributed by atoms with E-state index in [0.717, 1.165) is 5.56 Å². The molecule has 9 heteroatoms. The number of carbonyl (C=O) groups is 2. The Balaban J connectivity index is 1.59. The summed E-state index contributed by atoms with van der Waals surface area (Å²) in [4.78, 5) is 23.9. The molecule has 170 valence electrons. The van der Waals surface area contributed by atoms with Crippen LogP contribution in [0.1, 0.15) is 18.1 Å². The maximum Gasteiger partial charge on any atom is 0.329 e. The summed E-state index contributed by atoms with van der Waals surface area (Å²) in [6.45, 7) is 2.58. The van der Waals surface area contributed by atoms with E-state index in [1.54, 1.807) is 48.5 Å². The van der Waals surface area contributed by atoms with Crippen molar-refractivity contribution in [3.05, 3.63) is 87.9 Å². The Labute approximate surface area is 201 Å². The predicted octanol–water partition coefficient (Wildman–Crippen LogP) is 5.06. The molecule has 2 amide bonds. The van der Waals surface area contributed by atoms with Gasteiger partial charge in [0.05, 0.1) is 12.8 Å². The molecule has 7 nitrogen and oxygen atoms in total. The number of amides is 2. The molecule has 0 saturated carbocycles. The smallest absolute Gasteiger partial charge is 0.329 e. The number of nitrogens with one attached hydrogen (secondary N) is 2. The van der Waals surface area contributed by atoms with Gasteiger partial charge in [-0.3, -0.25) is 9.59 Å². The third kappa shape index (κ3) is 7.24.